The van der Waals surface area contributed by atoms with Crippen LogP contribution in [0.5, 0.6) is 0 Å². The third-order valence-electron chi connectivity index (χ3n) is 3.81. The third kappa shape index (κ3) is 3.30. The Kier molecular flexibility index (Phi) is 4.57. The monoisotopic (exact) mass is 233 g/mol. The van der Waals surface area contributed by atoms with Crippen LogP contribution in [0.1, 0.15) is 61.7 Å². The largest absolute Gasteiger partial charge is 0.388 e. The predicted octanol–water partition coefficient (Wildman–Crippen LogP) is 3.12. The van der Waals surface area contributed by atoms with Crippen molar-refractivity contribution >= 4 is 0 Å². The lowest BCUT2D eigenvalue weighted by molar-refractivity contribution is 0.170. The Morgan fingerprint density at radius 2 is 2.00 bits per heavy atom. The van der Waals surface area contributed by atoms with Gasteiger partial charge in [0.1, 0.15) is 0 Å². The average Bonchev–Trinajstić information content (AvgIpc) is 2.40. The van der Waals surface area contributed by atoms with Gasteiger partial charge in [0.25, 0.3) is 0 Å². The summed E-state index contributed by atoms with van der Waals surface area (Å²) < 4.78 is 0. The van der Waals surface area contributed by atoms with Gasteiger partial charge in [0.05, 0.1) is 6.10 Å². The van der Waals surface area contributed by atoms with Gasteiger partial charge >= 0.3 is 0 Å². The molecule has 2 nitrogen and oxygen atoms in total. The van der Waals surface area contributed by atoms with Crippen LogP contribution in [-0.4, -0.2) is 11.7 Å². The molecule has 2 heteroatoms. The summed E-state index contributed by atoms with van der Waals surface area (Å²) in [6.07, 6.45) is 6.93. The molecule has 94 valence electrons. The molecule has 1 saturated carbocycles. The Hall–Kier alpha value is -0.860. The molecule has 0 spiro atoms. The number of benzene rings is 1. The van der Waals surface area contributed by atoms with Crippen LogP contribution >= 0.6 is 0 Å². The van der Waals surface area contributed by atoms with E-state index in [1.54, 1.807) is 0 Å². The second-order valence-corrected chi connectivity index (χ2v) is 5.10. The first-order valence-electron chi connectivity index (χ1n) is 6.79. The number of aliphatic hydroxyl groups excluding tert-OH is 1. The molecule has 2 rings (SSSR count). The number of hydrogen-bond acceptors (Lipinski definition) is 2. The molecular weight excluding hydrogens is 210 g/mol. The van der Waals surface area contributed by atoms with Gasteiger partial charge in [0.2, 0.25) is 0 Å². The van der Waals surface area contributed by atoms with E-state index in [0.29, 0.717) is 18.9 Å². The molecule has 1 fully saturated rings. The van der Waals surface area contributed by atoms with Gasteiger partial charge in [-0.1, -0.05) is 43.5 Å². The van der Waals surface area contributed by atoms with Crippen LogP contribution in [0.15, 0.2) is 24.3 Å². The van der Waals surface area contributed by atoms with Crippen molar-refractivity contribution in [2.45, 2.75) is 50.5 Å². The van der Waals surface area contributed by atoms with Crippen LogP contribution in [-0.2, 0) is 0 Å². The smallest absolute Gasteiger partial charge is 0.0802 e. The maximum atomic E-state index is 9.96. The molecule has 1 unspecified atom stereocenters. The summed E-state index contributed by atoms with van der Waals surface area (Å²) in [6, 6.07) is 8.45. The van der Waals surface area contributed by atoms with Crippen molar-refractivity contribution in [2.24, 2.45) is 5.73 Å². The Bertz CT molecular complexity index is 345. The van der Waals surface area contributed by atoms with E-state index in [4.69, 9.17) is 5.73 Å². The SMILES string of the molecule is NCCC(O)c1cccc(C2CCCCC2)c1. The minimum atomic E-state index is -0.399. The third-order valence-corrected chi connectivity index (χ3v) is 3.81. The molecule has 0 radical (unpaired) electrons. The molecule has 1 aliphatic carbocycles. The summed E-state index contributed by atoms with van der Waals surface area (Å²) in [6.45, 7) is 0.537. The summed E-state index contributed by atoms with van der Waals surface area (Å²) >= 11 is 0. The van der Waals surface area contributed by atoms with Gasteiger partial charge in [-0.3, -0.25) is 0 Å². The van der Waals surface area contributed by atoms with Gasteiger partial charge in [-0.05, 0) is 42.9 Å². The molecule has 0 amide bonds. The minimum absolute atomic E-state index is 0.399. The van der Waals surface area contributed by atoms with Gasteiger partial charge in [-0.2, -0.15) is 0 Å². The van der Waals surface area contributed by atoms with Gasteiger partial charge < -0.3 is 10.8 Å². The first kappa shape index (κ1) is 12.6. The fraction of sp³-hybridized carbons (Fsp3) is 0.600. The van der Waals surface area contributed by atoms with Crippen LogP contribution in [0.3, 0.4) is 0 Å². The van der Waals surface area contributed by atoms with Crippen molar-refractivity contribution in [3.05, 3.63) is 35.4 Å². The van der Waals surface area contributed by atoms with E-state index in [1.807, 2.05) is 6.07 Å². The van der Waals surface area contributed by atoms with Crippen molar-refractivity contribution in [3.8, 4) is 0 Å². The average molecular weight is 233 g/mol. The predicted molar refractivity (Wildman–Crippen MR) is 70.9 cm³/mol. The summed E-state index contributed by atoms with van der Waals surface area (Å²) in [4.78, 5) is 0. The van der Waals surface area contributed by atoms with E-state index in [-0.39, 0.29) is 0 Å². The van der Waals surface area contributed by atoms with Crippen LogP contribution in [0.25, 0.3) is 0 Å². The van der Waals surface area contributed by atoms with Crippen LogP contribution < -0.4 is 5.73 Å². The van der Waals surface area contributed by atoms with E-state index < -0.39 is 6.10 Å². The Labute approximate surface area is 104 Å². The van der Waals surface area contributed by atoms with Crippen LogP contribution in [0.2, 0.25) is 0 Å². The van der Waals surface area contributed by atoms with Gasteiger partial charge in [0, 0.05) is 0 Å². The van der Waals surface area contributed by atoms with Crippen LogP contribution in [0, 0.1) is 0 Å². The maximum absolute atomic E-state index is 9.96. The Morgan fingerprint density at radius 1 is 1.24 bits per heavy atom. The number of hydrogen-bond donors (Lipinski definition) is 2. The van der Waals surface area contributed by atoms with Crippen molar-refractivity contribution in [1.29, 1.82) is 0 Å². The van der Waals surface area contributed by atoms with Crippen LogP contribution in [0.4, 0.5) is 0 Å². The highest BCUT2D eigenvalue weighted by atomic mass is 16.3. The molecule has 0 saturated heterocycles. The fourth-order valence-corrected chi connectivity index (χ4v) is 2.78. The summed E-state index contributed by atoms with van der Waals surface area (Å²) in [5.41, 5.74) is 7.92. The highest BCUT2D eigenvalue weighted by Crippen LogP contribution is 2.33. The molecule has 1 aromatic rings. The van der Waals surface area contributed by atoms with Gasteiger partial charge in [-0.15, -0.1) is 0 Å². The normalized spacial score (nSPS) is 19.2. The standard InChI is InChI=1S/C15H23NO/c16-10-9-15(17)14-8-4-7-13(11-14)12-5-2-1-3-6-12/h4,7-8,11-12,15,17H,1-3,5-6,9-10,16H2. The van der Waals surface area contributed by atoms with Crippen molar-refractivity contribution in [3.63, 3.8) is 0 Å². The zero-order valence-electron chi connectivity index (χ0n) is 10.4. The molecule has 0 heterocycles. The van der Waals surface area contributed by atoms with Crippen molar-refractivity contribution in [1.82, 2.24) is 0 Å². The highest BCUT2D eigenvalue weighted by Gasteiger charge is 2.16. The van der Waals surface area contributed by atoms with Crippen molar-refractivity contribution < 1.29 is 5.11 Å². The lowest BCUT2D eigenvalue weighted by atomic mass is 9.83. The van der Waals surface area contributed by atoms with E-state index in [2.05, 4.69) is 18.2 Å². The highest BCUT2D eigenvalue weighted by molar-refractivity contribution is 5.28. The quantitative estimate of drug-likeness (QED) is 0.839. The number of rotatable bonds is 4. The van der Waals surface area contributed by atoms with Crippen molar-refractivity contribution in [2.75, 3.05) is 6.54 Å². The zero-order chi connectivity index (χ0) is 12.1. The molecule has 0 aliphatic heterocycles. The minimum Gasteiger partial charge on any atom is -0.388 e. The Morgan fingerprint density at radius 3 is 2.71 bits per heavy atom. The first-order chi connectivity index (χ1) is 8.31. The van der Waals surface area contributed by atoms with E-state index in [0.717, 1.165) is 5.56 Å². The zero-order valence-corrected chi connectivity index (χ0v) is 10.4. The fourth-order valence-electron chi connectivity index (χ4n) is 2.78. The maximum Gasteiger partial charge on any atom is 0.0802 e. The summed E-state index contributed by atoms with van der Waals surface area (Å²) in [5, 5.41) is 9.96. The Balaban J connectivity index is 2.09. The second kappa shape index (κ2) is 6.18. The van der Waals surface area contributed by atoms with Gasteiger partial charge in [-0.25, -0.2) is 0 Å². The van der Waals surface area contributed by atoms with E-state index >= 15 is 0 Å². The molecule has 1 aliphatic rings. The number of nitrogens with two attached hydrogens (primary N) is 1. The molecular formula is C15H23NO. The lowest BCUT2D eigenvalue weighted by Crippen LogP contribution is -2.08. The summed E-state index contributed by atoms with van der Waals surface area (Å²) in [5.74, 6) is 0.703. The van der Waals surface area contributed by atoms with E-state index in [1.165, 1.54) is 37.7 Å². The van der Waals surface area contributed by atoms with Gasteiger partial charge in [0.15, 0.2) is 0 Å². The molecule has 3 N–H and O–H groups in total. The number of aliphatic hydroxyl groups is 1. The lowest BCUT2D eigenvalue weighted by Gasteiger charge is -2.23. The molecule has 1 atom stereocenters. The topological polar surface area (TPSA) is 46.2 Å². The second-order valence-electron chi connectivity index (χ2n) is 5.10. The molecule has 17 heavy (non-hydrogen) atoms. The van der Waals surface area contributed by atoms with E-state index in [9.17, 15) is 5.11 Å². The molecule has 0 aromatic heterocycles. The molecule has 1 aromatic carbocycles. The summed E-state index contributed by atoms with van der Waals surface area (Å²) in [7, 11) is 0. The molecule has 0 bridgehead atoms. The first-order valence-corrected chi connectivity index (χ1v) is 6.79.